The average Bonchev–Trinajstić information content (AvgIpc) is 1.41. The van der Waals surface area contributed by atoms with Crippen molar-refractivity contribution in [1.82, 2.24) is 0 Å². The zero-order valence-electron chi connectivity index (χ0n) is 7.20. The van der Waals surface area contributed by atoms with Gasteiger partial charge >= 0.3 is 52.1 Å². The van der Waals surface area contributed by atoms with Crippen LogP contribution in [0.5, 0.6) is 0 Å². The van der Waals surface area contributed by atoms with Gasteiger partial charge in [-0.25, -0.2) is 0 Å². The minimum absolute atomic E-state index is 0. The van der Waals surface area contributed by atoms with Crippen LogP contribution in [0.25, 0.3) is 0 Å². The van der Waals surface area contributed by atoms with Crippen molar-refractivity contribution >= 4 is 31.2 Å². The van der Waals surface area contributed by atoms with Gasteiger partial charge in [0.15, 0.2) is 0 Å². The van der Waals surface area contributed by atoms with E-state index in [0.29, 0.717) is 0 Å². The number of hydrogen-bond acceptors (Lipinski definition) is 10. The summed E-state index contributed by atoms with van der Waals surface area (Å²) < 4.78 is 99.7. The molecule has 0 aromatic rings. The van der Waals surface area contributed by atoms with E-state index >= 15 is 0 Å². The van der Waals surface area contributed by atoms with Gasteiger partial charge in [-0.1, -0.05) is 0 Å². The molecule has 0 radical (unpaired) electrons. The zero-order valence-corrected chi connectivity index (χ0v) is 12.8. The number of hydrogen-bond donors (Lipinski definition) is 2. The van der Waals surface area contributed by atoms with Crippen molar-refractivity contribution in [2.24, 2.45) is 0 Å². The SMILES string of the molecule is O.O=S(=O)(O)O.O=S(=O)([O-])[O-].O=S(=O)([O-])[O-].[Ce+4]. The van der Waals surface area contributed by atoms with Gasteiger partial charge in [0, 0.05) is 20.8 Å². The van der Waals surface area contributed by atoms with E-state index in [9.17, 15) is 0 Å². The molecular weight excluding hydrogens is 444 g/mol. The maximum absolute atomic E-state index is 8.74. The van der Waals surface area contributed by atoms with Gasteiger partial charge in [-0.05, 0) is 0 Å². The van der Waals surface area contributed by atoms with E-state index in [1.54, 1.807) is 0 Å². The van der Waals surface area contributed by atoms with Crippen LogP contribution in [0.2, 0.25) is 0 Å². The fourth-order valence-corrected chi connectivity index (χ4v) is 0. The molecule has 104 valence electrons. The second-order valence-electron chi connectivity index (χ2n) is 1.26. The Hall–Kier alpha value is 0.947. The van der Waals surface area contributed by atoms with E-state index in [2.05, 4.69) is 0 Å². The molecule has 0 heterocycles. The molecule has 0 amide bonds. The van der Waals surface area contributed by atoms with Crippen LogP contribution < -0.4 is 0 Å². The summed E-state index contributed by atoms with van der Waals surface area (Å²) >= 11 is 0. The molecule has 17 heteroatoms. The molecule has 4 N–H and O–H groups in total. The summed E-state index contributed by atoms with van der Waals surface area (Å²) in [5.41, 5.74) is 0. The molecule has 0 fully saturated rings. The zero-order chi connectivity index (χ0) is 13.5. The molecule has 0 aliphatic rings. The summed E-state index contributed by atoms with van der Waals surface area (Å²) in [4.78, 5) is 0. The first-order chi connectivity index (χ1) is 6.00. The minimum Gasteiger partial charge on any atom is -0.759 e. The Bertz CT molecular complexity index is 338. The van der Waals surface area contributed by atoms with Gasteiger partial charge in [-0.3, -0.25) is 25.9 Å². The molecule has 0 saturated carbocycles. The van der Waals surface area contributed by atoms with Crippen LogP contribution in [0.1, 0.15) is 0 Å². The largest absolute Gasteiger partial charge is 4.00 e. The van der Waals surface area contributed by atoms with Crippen molar-refractivity contribution in [3.63, 3.8) is 0 Å². The van der Waals surface area contributed by atoms with Gasteiger partial charge in [0.2, 0.25) is 0 Å². The Kier molecular flexibility index (Phi) is 21.7. The maximum atomic E-state index is 8.74. The van der Waals surface area contributed by atoms with E-state index in [-0.39, 0.29) is 47.2 Å². The fourth-order valence-electron chi connectivity index (χ4n) is 0. The molecule has 0 aromatic carbocycles. The molecule has 0 atom stereocenters. The molecule has 0 aliphatic carbocycles. The van der Waals surface area contributed by atoms with E-state index in [4.69, 9.17) is 52.6 Å². The molecule has 0 spiro atoms. The Balaban J connectivity index is -0.0000000400. The Morgan fingerprint density at radius 2 is 0.647 bits per heavy atom. The van der Waals surface area contributed by atoms with Gasteiger partial charge in [-0.15, -0.1) is 0 Å². The molecule has 0 bridgehead atoms. The van der Waals surface area contributed by atoms with Crippen LogP contribution in [-0.2, 0) is 31.2 Å². The third kappa shape index (κ3) is 4220. The van der Waals surface area contributed by atoms with Crippen LogP contribution >= 0.6 is 0 Å². The van der Waals surface area contributed by atoms with Crippen LogP contribution in [0.4, 0.5) is 0 Å². The Labute approximate surface area is 130 Å². The summed E-state index contributed by atoms with van der Waals surface area (Å²) in [5, 5.41) is 0. The predicted octanol–water partition coefficient (Wildman–Crippen LogP) is -4.15. The third-order valence-electron chi connectivity index (χ3n) is 0. The fraction of sp³-hybridized carbons (Fsp3) is 0. The first kappa shape index (κ1) is 30.7. The van der Waals surface area contributed by atoms with Crippen LogP contribution in [0, 0.1) is 41.7 Å². The van der Waals surface area contributed by atoms with Crippen molar-refractivity contribution in [2.45, 2.75) is 0 Å². The van der Waals surface area contributed by atoms with Gasteiger partial charge < -0.3 is 23.7 Å². The van der Waals surface area contributed by atoms with Crippen LogP contribution in [0.15, 0.2) is 0 Å². The minimum atomic E-state index is -5.17. The molecular formula is H4CeO13S3. The van der Waals surface area contributed by atoms with Crippen molar-refractivity contribution < 1.29 is 99.8 Å². The van der Waals surface area contributed by atoms with Crippen molar-refractivity contribution in [1.29, 1.82) is 0 Å². The van der Waals surface area contributed by atoms with Gasteiger partial charge in [0.1, 0.15) is 0 Å². The van der Waals surface area contributed by atoms with Crippen molar-refractivity contribution in [2.75, 3.05) is 0 Å². The topological polar surface area (TPSA) is 267 Å². The second kappa shape index (κ2) is 12.0. The standard InChI is InChI=1S/Ce.3H2O4S.H2O/c;3*1-5(2,3)4;/h;3*(H2,1,2,3,4);1H2/q+4;;;;/p-4. The smallest absolute Gasteiger partial charge is 0.759 e. The summed E-state index contributed by atoms with van der Waals surface area (Å²) in [7, 11) is -15.0. The molecule has 13 nitrogen and oxygen atoms in total. The summed E-state index contributed by atoms with van der Waals surface area (Å²) in [6, 6.07) is 0. The Morgan fingerprint density at radius 1 is 0.647 bits per heavy atom. The maximum Gasteiger partial charge on any atom is 4.00 e. The Morgan fingerprint density at radius 3 is 0.647 bits per heavy atom. The summed E-state index contributed by atoms with van der Waals surface area (Å²) in [5.74, 6) is 0. The monoisotopic (exact) mass is 448 g/mol. The predicted molar refractivity (Wildman–Crippen MR) is 38.7 cm³/mol. The first-order valence-corrected chi connectivity index (χ1v) is 6.10. The molecule has 17 heavy (non-hydrogen) atoms. The second-order valence-corrected chi connectivity index (χ2v) is 3.79. The van der Waals surface area contributed by atoms with Crippen molar-refractivity contribution in [3.8, 4) is 0 Å². The van der Waals surface area contributed by atoms with Crippen LogP contribution in [0.3, 0.4) is 0 Å². The van der Waals surface area contributed by atoms with Gasteiger partial charge in [0.05, 0.1) is 0 Å². The van der Waals surface area contributed by atoms with E-state index in [0.717, 1.165) is 0 Å². The normalized spacial score (nSPS) is 10.2. The van der Waals surface area contributed by atoms with E-state index < -0.39 is 31.2 Å². The summed E-state index contributed by atoms with van der Waals surface area (Å²) in [6.45, 7) is 0. The van der Waals surface area contributed by atoms with E-state index in [1.165, 1.54) is 0 Å². The molecule has 0 unspecified atom stereocenters. The third-order valence-corrected chi connectivity index (χ3v) is 0. The first-order valence-electron chi connectivity index (χ1n) is 2.03. The van der Waals surface area contributed by atoms with Crippen LogP contribution in [-0.4, -0.2) is 58.0 Å². The summed E-state index contributed by atoms with van der Waals surface area (Å²) in [6.07, 6.45) is 0. The molecule has 0 aromatic heterocycles. The quantitative estimate of drug-likeness (QED) is 0.264. The van der Waals surface area contributed by atoms with Gasteiger partial charge in [0.25, 0.3) is 0 Å². The molecule has 0 saturated heterocycles. The van der Waals surface area contributed by atoms with E-state index in [1.807, 2.05) is 0 Å². The van der Waals surface area contributed by atoms with Crippen molar-refractivity contribution in [3.05, 3.63) is 0 Å². The molecule has 0 aliphatic heterocycles. The van der Waals surface area contributed by atoms with Gasteiger partial charge in [-0.2, -0.15) is 8.42 Å². The molecule has 0 rings (SSSR count). The number of rotatable bonds is 0. The average molecular weight is 448 g/mol.